The summed E-state index contributed by atoms with van der Waals surface area (Å²) in [5, 5.41) is 8.76. The van der Waals surface area contributed by atoms with Gasteiger partial charge in [0.15, 0.2) is 0 Å². The molecule has 1 aromatic heterocycles. The highest BCUT2D eigenvalue weighted by Gasteiger charge is 2.36. The lowest BCUT2D eigenvalue weighted by Gasteiger charge is -2.31. The zero-order chi connectivity index (χ0) is 13.9. The fourth-order valence-corrected chi connectivity index (χ4v) is 2.42. The molecule has 2 heterocycles. The maximum atomic E-state index is 12.6. The Balaban J connectivity index is 2.34. The Bertz CT molecular complexity index is 541. The van der Waals surface area contributed by atoms with E-state index in [1.807, 2.05) is 4.90 Å². The van der Waals surface area contributed by atoms with E-state index in [1.54, 1.807) is 18.3 Å². The summed E-state index contributed by atoms with van der Waals surface area (Å²) in [5.74, 6) is 5.27. The second-order valence-electron chi connectivity index (χ2n) is 5.23. The minimum absolute atomic E-state index is 0.0784. The van der Waals surface area contributed by atoms with Crippen LogP contribution in [0.4, 0.5) is 0 Å². The molecule has 100 valence electrons. The molecule has 0 aliphatic carbocycles. The lowest BCUT2D eigenvalue weighted by atomic mass is 10.0. The molecule has 0 aromatic carbocycles. The van der Waals surface area contributed by atoms with Gasteiger partial charge in [0.05, 0.1) is 5.56 Å². The molecule has 1 amide bonds. The second-order valence-corrected chi connectivity index (χ2v) is 5.23. The average Bonchev–Trinajstić information content (AvgIpc) is 2.75. The van der Waals surface area contributed by atoms with E-state index in [-0.39, 0.29) is 18.1 Å². The number of carbonyl (C=O) groups excluding carboxylic acids is 1. The van der Waals surface area contributed by atoms with E-state index in [0.717, 1.165) is 19.4 Å². The Morgan fingerprint density at radius 3 is 3.00 bits per heavy atom. The van der Waals surface area contributed by atoms with Crippen LogP contribution in [-0.4, -0.2) is 39.6 Å². The fraction of sp³-hybridized carbons (Fsp3) is 0.467. The molecule has 2 rings (SSSR count). The summed E-state index contributed by atoms with van der Waals surface area (Å²) in [4.78, 5) is 18.6. The van der Waals surface area contributed by atoms with Crippen molar-refractivity contribution in [3.63, 3.8) is 0 Å². The van der Waals surface area contributed by atoms with Crippen LogP contribution < -0.4 is 0 Å². The quantitative estimate of drug-likeness (QED) is 0.775. The molecule has 4 heteroatoms. The van der Waals surface area contributed by atoms with Gasteiger partial charge in [-0.2, -0.15) is 0 Å². The monoisotopic (exact) mass is 258 g/mol. The molecule has 0 unspecified atom stereocenters. The van der Waals surface area contributed by atoms with Gasteiger partial charge in [-0.15, -0.1) is 0 Å². The zero-order valence-electron chi connectivity index (χ0n) is 11.3. The molecule has 1 aromatic rings. The van der Waals surface area contributed by atoms with Gasteiger partial charge in [-0.3, -0.25) is 4.79 Å². The zero-order valence-corrected chi connectivity index (χ0v) is 11.3. The van der Waals surface area contributed by atoms with E-state index < -0.39 is 0 Å². The van der Waals surface area contributed by atoms with Crippen LogP contribution in [0.2, 0.25) is 0 Å². The predicted octanol–water partition coefficient (Wildman–Crippen LogP) is 1.44. The summed E-state index contributed by atoms with van der Waals surface area (Å²) in [5.41, 5.74) is 0.818. The first-order valence-corrected chi connectivity index (χ1v) is 6.43. The Morgan fingerprint density at radius 1 is 1.58 bits per heavy atom. The molecular formula is C15H18N2O2. The summed E-state index contributed by atoms with van der Waals surface area (Å²) in [6.45, 7) is 4.67. The van der Waals surface area contributed by atoms with E-state index in [4.69, 9.17) is 5.11 Å². The van der Waals surface area contributed by atoms with Crippen molar-refractivity contribution in [2.24, 2.45) is 0 Å². The molecule has 1 saturated heterocycles. The van der Waals surface area contributed by atoms with Crippen LogP contribution in [0.3, 0.4) is 0 Å². The van der Waals surface area contributed by atoms with Crippen molar-refractivity contribution >= 4 is 5.91 Å². The maximum absolute atomic E-state index is 12.6. The van der Waals surface area contributed by atoms with Crippen LogP contribution >= 0.6 is 0 Å². The number of likely N-dealkylation sites (tertiary alicyclic amines) is 1. The van der Waals surface area contributed by atoms with Gasteiger partial charge in [-0.25, -0.2) is 4.98 Å². The first-order valence-electron chi connectivity index (χ1n) is 6.43. The molecule has 0 saturated carbocycles. The van der Waals surface area contributed by atoms with Crippen molar-refractivity contribution in [1.82, 2.24) is 9.88 Å². The number of aliphatic hydroxyl groups excluding tert-OH is 1. The van der Waals surface area contributed by atoms with Crippen LogP contribution in [-0.2, 0) is 0 Å². The van der Waals surface area contributed by atoms with Crippen molar-refractivity contribution < 1.29 is 9.90 Å². The van der Waals surface area contributed by atoms with Crippen LogP contribution in [0.5, 0.6) is 0 Å². The lowest BCUT2D eigenvalue weighted by Crippen LogP contribution is -2.43. The van der Waals surface area contributed by atoms with Gasteiger partial charge in [-0.1, -0.05) is 11.8 Å². The van der Waals surface area contributed by atoms with Crippen molar-refractivity contribution in [1.29, 1.82) is 0 Å². The van der Waals surface area contributed by atoms with Gasteiger partial charge in [-0.05, 0) is 38.8 Å². The number of hydrogen-bond donors (Lipinski definition) is 1. The topological polar surface area (TPSA) is 53.4 Å². The molecule has 0 spiro atoms. The SMILES string of the molecule is CC1(C)CCCN1C(=O)c1ncccc1C#CCO. The van der Waals surface area contributed by atoms with Crippen LogP contribution in [0.15, 0.2) is 18.3 Å². The van der Waals surface area contributed by atoms with Gasteiger partial charge in [0.1, 0.15) is 12.3 Å². The standard InChI is InChI=1S/C15H18N2O2/c1-15(2)8-5-10-17(15)14(19)13-12(7-4-11-18)6-3-9-16-13/h3,6,9,18H,5,8,10-11H2,1-2H3. The Labute approximate surface area is 113 Å². The third kappa shape index (κ3) is 2.77. The van der Waals surface area contributed by atoms with Gasteiger partial charge in [0.2, 0.25) is 0 Å². The Kier molecular flexibility index (Phi) is 3.87. The summed E-state index contributed by atoms with van der Waals surface area (Å²) in [7, 11) is 0. The van der Waals surface area contributed by atoms with Crippen molar-refractivity contribution in [3.8, 4) is 11.8 Å². The number of carbonyl (C=O) groups is 1. The molecule has 0 bridgehead atoms. The van der Waals surface area contributed by atoms with Gasteiger partial charge >= 0.3 is 0 Å². The second kappa shape index (κ2) is 5.41. The molecule has 1 fully saturated rings. The summed E-state index contributed by atoms with van der Waals surface area (Å²) >= 11 is 0. The van der Waals surface area contributed by atoms with Crippen LogP contribution in [0.25, 0.3) is 0 Å². The Hall–Kier alpha value is -1.86. The lowest BCUT2D eigenvalue weighted by molar-refractivity contribution is 0.0645. The van der Waals surface area contributed by atoms with Crippen molar-refractivity contribution in [3.05, 3.63) is 29.6 Å². The van der Waals surface area contributed by atoms with Crippen LogP contribution in [0, 0.1) is 11.8 Å². The molecule has 0 atom stereocenters. The number of amides is 1. The number of rotatable bonds is 1. The minimum Gasteiger partial charge on any atom is -0.384 e. The third-order valence-electron chi connectivity index (χ3n) is 3.46. The molecule has 1 N–H and O–H groups in total. The highest BCUT2D eigenvalue weighted by molar-refractivity contribution is 5.95. The van der Waals surface area contributed by atoms with Crippen molar-refractivity contribution in [2.75, 3.05) is 13.2 Å². The Morgan fingerprint density at radius 2 is 2.37 bits per heavy atom. The fourth-order valence-electron chi connectivity index (χ4n) is 2.42. The largest absolute Gasteiger partial charge is 0.384 e. The van der Waals surface area contributed by atoms with Gasteiger partial charge < -0.3 is 10.0 Å². The van der Waals surface area contributed by atoms with E-state index >= 15 is 0 Å². The minimum atomic E-state index is -0.224. The number of pyridine rings is 1. The average molecular weight is 258 g/mol. The molecular weight excluding hydrogens is 240 g/mol. The van der Waals surface area contributed by atoms with Crippen molar-refractivity contribution in [2.45, 2.75) is 32.2 Å². The molecule has 19 heavy (non-hydrogen) atoms. The summed E-state index contributed by atoms with van der Waals surface area (Å²) < 4.78 is 0. The van der Waals surface area contributed by atoms with E-state index in [2.05, 4.69) is 30.7 Å². The number of aliphatic hydroxyl groups is 1. The third-order valence-corrected chi connectivity index (χ3v) is 3.46. The number of nitrogens with zero attached hydrogens (tertiary/aromatic N) is 2. The van der Waals surface area contributed by atoms with E-state index in [0.29, 0.717) is 11.3 Å². The summed E-state index contributed by atoms with van der Waals surface area (Å²) in [6, 6.07) is 3.50. The molecule has 1 aliphatic rings. The highest BCUT2D eigenvalue weighted by Crippen LogP contribution is 2.29. The predicted molar refractivity (Wildman–Crippen MR) is 72.6 cm³/mol. The van der Waals surface area contributed by atoms with E-state index in [1.165, 1.54) is 0 Å². The maximum Gasteiger partial charge on any atom is 0.274 e. The molecule has 1 aliphatic heterocycles. The number of aromatic nitrogens is 1. The first kappa shape index (κ1) is 13.6. The molecule has 4 nitrogen and oxygen atoms in total. The molecule has 0 radical (unpaired) electrons. The first-order chi connectivity index (χ1) is 9.06. The van der Waals surface area contributed by atoms with Gasteiger partial charge in [0.25, 0.3) is 5.91 Å². The normalized spacial score (nSPS) is 16.9. The number of hydrogen-bond acceptors (Lipinski definition) is 3. The van der Waals surface area contributed by atoms with Gasteiger partial charge in [0, 0.05) is 18.3 Å². The summed E-state index contributed by atoms with van der Waals surface area (Å²) in [6.07, 6.45) is 3.62. The van der Waals surface area contributed by atoms with Crippen LogP contribution in [0.1, 0.15) is 42.7 Å². The smallest absolute Gasteiger partial charge is 0.274 e. The highest BCUT2D eigenvalue weighted by atomic mass is 16.2. The van der Waals surface area contributed by atoms with E-state index in [9.17, 15) is 4.79 Å².